The van der Waals surface area contributed by atoms with Crippen molar-refractivity contribution in [3.8, 4) is 12.3 Å². The number of hydrogen-bond donors (Lipinski definition) is 2. The summed E-state index contributed by atoms with van der Waals surface area (Å²) in [6, 6.07) is -0.986. The summed E-state index contributed by atoms with van der Waals surface area (Å²) in [5.41, 5.74) is 0.662. The fourth-order valence-corrected chi connectivity index (χ4v) is 2.41. The van der Waals surface area contributed by atoms with E-state index in [1.54, 1.807) is 20.8 Å². The third-order valence-corrected chi connectivity index (χ3v) is 3.62. The van der Waals surface area contributed by atoms with Crippen molar-refractivity contribution < 1.29 is 19.4 Å². The van der Waals surface area contributed by atoms with E-state index >= 15 is 0 Å². The van der Waals surface area contributed by atoms with E-state index in [9.17, 15) is 14.7 Å². The molecule has 5 heteroatoms. The van der Waals surface area contributed by atoms with Gasteiger partial charge in [0, 0.05) is 6.42 Å². The number of terminal acetylenes is 1. The molecule has 2 N–H and O–H groups in total. The maximum absolute atomic E-state index is 11.9. The number of amides is 1. The van der Waals surface area contributed by atoms with Gasteiger partial charge in [0.25, 0.3) is 0 Å². The van der Waals surface area contributed by atoms with E-state index in [1.807, 2.05) is 6.08 Å². The SMILES string of the molecule is C#CCCCC1=CC(OC(=O)N[C@H](C(=O)O)C(C)(C)C)CC1. The maximum atomic E-state index is 11.9. The average molecular weight is 307 g/mol. The zero-order valence-corrected chi connectivity index (χ0v) is 13.5. The molecule has 0 bridgehead atoms. The summed E-state index contributed by atoms with van der Waals surface area (Å²) in [4.78, 5) is 23.1. The van der Waals surface area contributed by atoms with Crippen molar-refractivity contribution >= 4 is 12.1 Å². The van der Waals surface area contributed by atoms with Gasteiger partial charge in [-0.25, -0.2) is 9.59 Å². The molecular formula is C17H25NO4. The summed E-state index contributed by atoms with van der Waals surface area (Å²) in [6.07, 6.45) is 10.4. The van der Waals surface area contributed by atoms with Gasteiger partial charge in [-0.05, 0) is 37.2 Å². The Morgan fingerprint density at radius 2 is 2.23 bits per heavy atom. The van der Waals surface area contributed by atoms with Gasteiger partial charge in [-0.15, -0.1) is 12.3 Å². The Labute approximate surface area is 132 Å². The molecule has 1 unspecified atom stereocenters. The number of allylic oxidation sites excluding steroid dienone is 1. The molecular weight excluding hydrogens is 282 g/mol. The normalized spacial score (nSPS) is 19.0. The molecule has 0 spiro atoms. The second kappa shape index (κ2) is 7.88. The molecule has 0 saturated carbocycles. The Kier molecular flexibility index (Phi) is 6.48. The molecule has 1 aliphatic carbocycles. The number of ether oxygens (including phenoxy) is 1. The van der Waals surface area contributed by atoms with Crippen molar-refractivity contribution in [3.63, 3.8) is 0 Å². The van der Waals surface area contributed by atoms with Crippen LogP contribution in [-0.2, 0) is 9.53 Å². The van der Waals surface area contributed by atoms with Crippen LogP contribution in [0.3, 0.4) is 0 Å². The first-order chi connectivity index (χ1) is 10.2. The molecule has 122 valence electrons. The topological polar surface area (TPSA) is 75.6 Å². The minimum atomic E-state index is -1.07. The number of hydrogen-bond acceptors (Lipinski definition) is 3. The molecule has 1 amide bonds. The Morgan fingerprint density at radius 1 is 1.55 bits per heavy atom. The minimum absolute atomic E-state index is 0.282. The fraction of sp³-hybridized carbons (Fsp3) is 0.647. The minimum Gasteiger partial charge on any atom is -0.480 e. The number of carbonyl (C=O) groups excluding carboxylic acids is 1. The Balaban J connectivity index is 2.49. The van der Waals surface area contributed by atoms with Crippen LogP contribution in [0.1, 0.15) is 52.9 Å². The fourth-order valence-electron chi connectivity index (χ4n) is 2.41. The summed E-state index contributed by atoms with van der Waals surface area (Å²) in [5.74, 6) is 1.53. The third-order valence-electron chi connectivity index (χ3n) is 3.62. The zero-order valence-electron chi connectivity index (χ0n) is 13.5. The molecule has 0 aromatic rings. The predicted molar refractivity (Wildman–Crippen MR) is 84.3 cm³/mol. The summed E-state index contributed by atoms with van der Waals surface area (Å²) in [6.45, 7) is 5.27. The number of carboxylic acid groups (broad SMARTS) is 1. The van der Waals surface area contributed by atoms with Crippen LogP contribution in [-0.4, -0.2) is 29.3 Å². The van der Waals surface area contributed by atoms with E-state index in [0.29, 0.717) is 0 Å². The van der Waals surface area contributed by atoms with Gasteiger partial charge in [-0.2, -0.15) is 0 Å². The molecule has 0 aliphatic heterocycles. The van der Waals surface area contributed by atoms with E-state index in [-0.39, 0.29) is 6.10 Å². The van der Waals surface area contributed by atoms with Crippen molar-refractivity contribution in [2.75, 3.05) is 0 Å². The van der Waals surface area contributed by atoms with Crippen molar-refractivity contribution in [1.82, 2.24) is 5.32 Å². The van der Waals surface area contributed by atoms with Crippen LogP contribution in [0, 0.1) is 17.8 Å². The molecule has 5 nitrogen and oxygen atoms in total. The van der Waals surface area contributed by atoms with Crippen molar-refractivity contribution in [2.45, 2.75) is 65.0 Å². The van der Waals surface area contributed by atoms with Gasteiger partial charge in [0.1, 0.15) is 12.1 Å². The van der Waals surface area contributed by atoms with Crippen LogP contribution in [0.2, 0.25) is 0 Å². The highest BCUT2D eigenvalue weighted by Gasteiger charge is 2.33. The van der Waals surface area contributed by atoms with E-state index < -0.39 is 23.5 Å². The summed E-state index contributed by atoms with van der Waals surface area (Å²) < 4.78 is 5.29. The molecule has 0 saturated heterocycles. The maximum Gasteiger partial charge on any atom is 0.408 e. The van der Waals surface area contributed by atoms with E-state index in [4.69, 9.17) is 11.2 Å². The van der Waals surface area contributed by atoms with E-state index in [2.05, 4.69) is 11.2 Å². The second-order valence-corrected chi connectivity index (χ2v) is 6.65. The molecule has 0 radical (unpaired) electrons. The summed E-state index contributed by atoms with van der Waals surface area (Å²) >= 11 is 0. The molecule has 0 fully saturated rings. The van der Waals surface area contributed by atoms with Crippen LogP contribution >= 0.6 is 0 Å². The van der Waals surface area contributed by atoms with Crippen LogP contribution in [0.4, 0.5) is 4.79 Å². The Bertz CT molecular complexity index is 482. The molecule has 0 heterocycles. The van der Waals surface area contributed by atoms with Gasteiger partial charge in [0.15, 0.2) is 0 Å². The molecule has 1 aliphatic rings. The molecule has 22 heavy (non-hydrogen) atoms. The van der Waals surface area contributed by atoms with Gasteiger partial charge >= 0.3 is 12.1 Å². The van der Waals surface area contributed by atoms with Gasteiger partial charge in [0.2, 0.25) is 0 Å². The van der Waals surface area contributed by atoms with Gasteiger partial charge < -0.3 is 15.2 Å². The van der Waals surface area contributed by atoms with Crippen molar-refractivity contribution in [3.05, 3.63) is 11.6 Å². The number of aliphatic carboxylic acids is 1. The lowest BCUT2D eigenvalue weighted by molar-refractivity contribution is -0.142. The Hall–Kier alpha value is -1.96. The molecule has 0 aromatic carbocycles. The number of rotatable bonds is 6. The average Bonchev–Trinajstić information content (AvgIpc) is 2.82. The first-order valence-corrected chi connectivity index (χ1v) is 7.57. The monoisotopic (exact) mass is 307 g/mol. The van der Waals surface area contributed by atoms with Crippen LogP contribution in [0.5, 0.6) is 0 Å². The number of alkyl carbamates (subject to hydrolysis) is 1. The summed E-state index contributed by atoms with van der Waals surface area (Å²) in [7, 11) is 0. The van der Waals surface area contributed by atoms with Crippen molar-refractivity contribution in [2.24, 2.45) is 5.41 Å². The number of carboxylic acids is 1. The zero-order chi connectivity index (χ0) is 16.8. The summed E-state index contributed by atoms with van der Waals surface area (Å²) in [5, 5.41) is 11.6. The van der Waals surface area contributed by atoms with Crippen LogP contribution in [0.25, 0.3) is 0 Å². The highest BCUT2D eigenvalue weighted by Crippen LogP contribution is 2.25. The third kappa shape index (κ3) is 5.80. The van der Waals surface area contributed by atoms with E-state index in [0.717, 1.165) is 32.1 Å². The van der Waals surface area contributed by atoms with Crippen molar-refractivity contribution in [1.29, 1.82) is 0 Å². The lowest BCUT2D eigenvalue weighted by Gasteiger charge is -2.27. The second-order valence-electron chi connectivity index (χ2n) is 6.65. The van der Waals surface area contributed by atoms with Crippen LogP contribution in [0.15, 0.2) is 11.6 Å². The number of carbonyl (C=O) groups is 2. The standard InChI is InChI=1S/C17H25NO4/c1-5-6-7-8-12-9-10-13(11-12)22-16(21)18-14(15(19)20)17(2,3)4/h1,11,13-14H,6-10H2,2-4H3,(H,18,21)(H,19,20)/t13?,14-/m1/s1. The Morgan fingerprint density at radius 3 is 2.77 bits per heavy atom. The molecule has 1 rings (SSSR count). The van der Waals surface area contributed by atoms with Gasteiger partial charge in [0.05, 0.1) is 0 Å². The molecule has 2 atom stereocenters. The largest absolute Gasteiger partial charge is 0.480 e. The lowest BCUT2D eigenvalue weighted by atomic mass is 9.87. The first-order valence-electron chi connectivity index (χ1n) is 7.57. The van der Waals surface area contributed by atoms with Gasteiger partial charge in [-0.1, -0.05) is 26.3 Å². The lowest BCUT2D eigenvalue weighted by Crippen LogP contribution is -2.49. The first kappa shape index (κ1) is 18.1. The molecule has 0 aromatic heterocycles. The quantitative estimate of drug-likeness (QED) is 0.449. The highest BCUT2D eigenvalue weighted by atomic mass is 16.6. The smallest absolute Gasteiger partial charge is 0.408 e. The van der Waals surface area contributed by atoms with E-state index in [1.165, 1.54) is 5.57 Å². The van der Waals surface area contributed by atoms with Gasteiger partial charge in [-0.3, -0.25) is 0 Å². The number of unbranched alkanes of at least 4 members (excludes halogenated alkanes) is 1. The van der Waals surface area contributed by atoms with Crippen LogP contribution < -0.4 is 5.32 Å². The number of nitrogens with one attached hydrogen (secondary N) is 1. The predicted octanol–water partition coefficient (Wildman–Crippen LogP) is 3.10. The highest BCUT2D eigenvalue weighted by molar-refractivity contribution is 5.80.